The Kier molecular flexibility index (Phi) is 62.7. The molecule has 0 aliphatic carbocycles. The molecule has 17 heteroatoms. The van der Waals surface area contributed by atoms with Crippen molar-refractivity contribution < 1.29 is 80.9 Å². The quantitative estimate of drug-likeness (QED) is 0.0734. The average molecular weight is 947 g/mol. The molecule has 0 spiro atoms. The molecule has 0 bridgehead atoms. The van der Waals surface area contributed by atoms with Crippen LogP contribution >= 0.6 is 0 Å². The average Bonchev–Trinajstić information content (AvgIpc) is 3.32. The van der Waals surface area contributed by atoms with E-state index in [1.807, 2.05) is 0 Å². The third-order valence-corrected chi connectivity index (χ3v) is 9.37. The largest absolute Gasteiger partial charge is 0.396 e. The van der Waals surface area contributed by atoms with Crippen LogP contribution in [0.25, 0.3) is 0 Å². The lowest BCUT2D eigenvalue weighted by molar-refractivity contribution is -0.0301. The predicted octanol–water partition coefficient (Wildman–Crippen LogP) is 5.73. The summed E-state index contributed by atoms with van der Waals surface area (Å²) in [7, 11) is 0. The lowest BCUT2D eigenvalue weighted by Crippen LogP contribution is -2.15. The van der Waals surface area contributed by atoms with Crippen LogP contribution < -0.4 is 0 Å². The number of aliphatic hydroxyl groups excluding tert-OH is 1. The van der Waals surface area contributed by atoms with Gasteiger partial charge in [-0.3, -0.25) is 0 Å². The zero-order chi connectivity index (χ0) is 46.5. The van der Waals surface area contributed by atoms with Gasteiger partial charge in [-0.25, -0.2) is 0 Å². The highest BCUT2D eigenvalue weighted by atomic mass is 16.6. The molecule has 0 heterocycles. The molecule has 0 fully saturated rings. The summed E-state index contributed by atoms with van der Waals surface area (Å²) < 4.78 is 88.2. The van der Waals surface area contributed by atoms with Gasteiger partial charge in [0, 0.05) is 33.0 Å². The molecular weight excluding hydrogens is 849 g/mol. The van der Waals surface area contributed by atoms with Crippen molar-refractivity contribution in [3.8, 4) is 0 Å². The third kappa shape index (κ3) is 63.3. The van der Waals surface area contributed by atoms with Crippen LogP contribution in [-0.4, -0.2) is 223 Å². The van der Waals surface area contributed by atoms with Crippen LogP contribution in [0.3, 0.4) is 0 Å². The molecule has 0 atom stereocenters. The molecule has 1 N–H and O–H groups in total. The first-order valence-electron chi connectivity index (χ1n) is 25.3. The Morgan fingerprint density at radius 1 is 0.169 bits per heavy atom. The van der Waals surface area contributed by atoms with E-state index >= 15 is 0 Å². The summed E-state index contributed by atoms with van der Waals surface area (Å²) in [6.45, 7) is 19.8. The molecule has 17 nitrogen and oxygen atoms in total. The Morgan fingerprint density at radius 2 is 0.323 bits per heavy atom. The normalized spacial score (nSPS) is 11.7. The van der Waals surface area contributed by atoms with Crippen molar-refractivity contribution >= 4 is 0 Å². The van der Waals surface area contributed by atoms with Gasteiger partial charge in [0.05, 0.1) is 185 Å². The van der Waals surface area contributed by atoms with Gasteiger partial charge in [-0.1, -0.05) is 77.6 Å². The van der Waals surface area contributed by atoms with Crippen molar-refractivity contribution in [3.05, 3.63) is 0 Å². The van der Waals surface area contributed by atoms with E-state index in [0.717, 1.165) is 19.4 Å². The Bertz CT molecular complexity index is 745. The fraction of sp³-hybridized carbons (Fsp3) is 1.00. The van der Waals surface area contributed by atoms with Crippen LogP contribution in [0.15, 0.2) is 0 Å². The van der Waals surface area contributed by atoms with Crippen molar-refractivity contribution in [1.82, 2.24) is 0 Å². The molecule has 0 aromatic heterocycles. The van der Waals surface area contributed by atoms with Crippen molar-refractivity contribution in [2.45, 2.75) is 96.8 Å². The SMILES string of the molecule is CCCCCCCCCCCCCCOCCOCCOCCOCCOCCOCCOCCOCCOCCOCCOCCOCCOCCOCCOCCCOCCCO. The van der Waals surface area contributed by atoms with E-state index in [1.54, 1.807) is 0 Å². The molecule has 0 aromatic carbocycles. The van der Waals surface area contributed by atoms with Gasteiger partial charge in [0.25, 0.3) is 0 Å². The lowest BCUT2D eigenvalue weighted by Gasteiger charge is -2.09. The molecule has 0 unspecified atom stereocenters. The fourth-order valence-corrected chi connectivity index (χ4v) is 5.76. The smallest absolute Gasteiger partial charge is 0.0701 e. The Hall–Kier alpha value is -0.680. The second kappa shape index (κ2) is 63.3. The number of hydrogen-bond donors (Lipinski definition) is 1. The first-order chi connectivity index (χ1) is 32.4. The van der Waals surface area contributed by atoms with Gasteiger partial charge in [-0.05, 0) is 19.3 Å². The van der Waals surface area contributed by atoms with Gasteiger partial charge in [-0.2, -0.15) is 0 Å². The van der Waals surface area contributed by atoms with Gasteiger partial charge in [0.15, 0.2) is 0 Å². The zero-order valence-electron chi connectivity index (χ0n) is 41.2. The Labute approximate surface area is 395 Å². The van der Waals surface area contributed by atoms with Gasteiger partial charge < -0.3 is 80.9 Å². The standard InChI is InChI=1S/C48H98O17/c1-2-3-4-5-6-7-8-9-10-11-12-13-17-51-21-23-53-25-27-55-29-31-57-33-35-59-37-39-61-41-43-63-45-47-65-48-46-64-44-42-62-40-38-60-36-34-58-32-30-56-28-26-54-24-22-52-20-15-19-50-18-14-16-49/h49H,2-48H2,1H3. The highest BCUT2D eigenvalue weighted by Gasteiger charge is 1.99. The molecule has 0 saturated heterocycles. The molecular formula is C48H98O17. The second-order valence-corrected chi connectivity index (χ2v) is 15.1. The lowest BCUT2D eigenvalue weighted by atomic mass is 10.1. The summed E-state index contributed by atoms with van der Waals surface area (Å²) in [5, 5.41) is 8.68. The summed E-state index contributed by atoms with van der Waals surface area (Å²) in [5.41, 5.74) is 0. The monoisotopic (exact) mass is 947 g/mol. The van der Waals surface area contributed by atoms with Crippen LogP contribution in [0.2, 0.25) is 0 Å². The van der Waals surface area contributed by atoms with E-state index in [1.165, 1.54) is 70.6 Å². The van der Waals surface area contributed by atoms with Crippen molar-refractivity contribution in [3.63, 3.8) is 0 Å². The van der Waals surface area contributed by atoms with Crippen LogP contribution in [0.1, 0.15) is 96.8 Å². The summed E-state index contributed by atoms with van der Waals surface area (Å²) in [4.78, 5) is 0. The molecule has 392 valence electrons. The minimum absolute atomic E-state index is 0.162. The molecule has 0 rings (SSSR count). The van der Waals surface area contributed by atoms with Crippen LogP contribution in [0, 0.1) is 0 Å². The van der Waals surface area contributed by atoms with E-state index in [-0.39, 0.29) is 6.61 Å². The third-order valence-electron chi connectivity index (χ3n) is 9.37. The number of unbranched alkanes of at least 4 members (excludes halogenated alkanes) is 11. The maximum atomic E-state index is 8.68. The summed E-state index contributed by atoms with van der Waals surface area (Å²) in [6, 6.07) is 0. The predicted molar refractivity (Wildman–Crippen MR) is 251 cm³/mol. The Balaban J connectivity index is 3.06. The molecule has 0 aliphatic heterocycles. The maximum absolute atomic E-state index is 8.68. The topological polar surface area (TPSA) is 168 Å². The highest BCUT2D eigenvalue weighted by Crippen LogP contribution is 2.12. The van der Waals surface area contributed by atoms with Crippen LogP contribution in [-0.2, 0) is 75.8 Å². The first-order valence-corrected chi connectivity index (χ1v) is 25.3. The van der Waals surface area contributed by atoms with Gasteiger partial charge in [-0.15, -0.1) is 0 Å². The molecule has 0 aliphatic rings. The molecule has 65 heavy (non-hydrogen) atoms. The van der Waals surface area contributed by atoms with Crippen LogP contribution in [0.4, 0.5) is 0 Å². The minimum atomic E-state index is 0.162. The number of ether oxygens (including phenoxy) is 16. The van der Waals surface area contributed by atoms with Crippen molar-refractivity contribution in [1.29, 1.82) is 0 Å². The molecule has 0 aromatic rings. The zero-order valence-corrected chi connectivity index (χ0v) is 41.2. The fourth-order valence-electron chi connectivity index (χ4n) is 5.76. The van der Waals surface area contributed by atoms with Crippen molar-refractivity contribution in [2.24, 2.45) is 0 Å². The number of aliphatic hydroxyl groups is 1. The maximum Gasteiger partial charge on any atom is 0.0701 e. The summed E-state index contributed by atoms with van der Waals surface area (Å²) in [6.07, 6.45) is 17.8. The second-order valence-electron chi connectivity index (χ2n) is 15.1. The van der Waals surface area contributed by atoms with E-state index in [4.69, 9.17) is 80.9 Å². The highest BCUT2D eigenvalue weighted by molar-refractivity contribution is 4.49. The minimum Gasteiger partial charge on any atom is -0.396 e. The van der Waals surface area contributed by atoms with E-state index < -0.39 is 0 Å². The molecule has 0 amide bonds. The molecule has 0 saturated carbocycles. The van der Waals surface area contributed by atoms with E-state index in [9.17, 15) is 0 Å². The van der Waals surface area contributed by atoms with Gasteiger partial charge in [0.2, 0.25) is 0 Å². The number of rotatable bonds is 62. The Morgan fingerprint density at radius 3 is 0.538 bits per heavy atom. The molecule has 0 radical (unpaired) electrons. The first kappa shape index (κ1) is 64.3. The van der Waals surface area contributed by atoms with E-state index in [0.29, 0.717) is 211 Å². The summed E-state index contributed by atoms with van der Waals surface area (Å²) >= 11 is 0. The van der Waals surface area contributed by atoms with E-state index in [2.05, 4.69) is 6.92 Å². The number of hydrogen-bond acceptors (Lipinski definition) is 17. The van der Waals surface area contributed by atoms with Gasteiger partial charge in [0.1, 0.15) is 0 Å². The van der Waals surface area contributed by atoms with Gasteiger partial charge >= 0.3 is 0 Å². The summed E-state index contributed by atoms with van der Waals surface area (Å²) in [5.74, 6) is 0. The van der Waals surface area contributed by atoms with Crippen molar-refractivity contribution in [2.75, 3.05) is 218 Å². The van der Waals surface area contributed by atoms with Crippen LogP contribution in [0.5, 0.6) is 0 Å².